The predicted octanol–water partition coefficient (Wildman–Crippen LogP) is 7.20. The molecule has 0 unspecified atom stereocenters. The molecule has 48 heavy (non-hydrogen) atoms. The molecule has 252 valence electrons. The van der Waals surface area contributed by atoms with Gasteiger partial charge in [-0.2, -0.15) is 4.57 Å². The number of methoxy groups -OCH3 is 1. The van der Waals surface area contributed by atoms with Crippen molar-refractivity contribution in [3.63, 3.8) is 0 Å². The van der Waals surface area contributed by atoms with Crippen LogP contribution < -0.4 is 14.2 Å². The topological polar surface area (TPSA) is 131 Å². The van der Waals surface area contributed by atoms with Crippen LogP contribution in [0, 0.1) is 0 Å². The number of anilines is 1. The van der Waals surface area contributed by atoms with Gasteiger partial charge in [-0.15, -0.1) is 11.3 Å². The van der Waals surface area contributed by atoms with Gasteiger partial charge in [-0.05, 0) is 59.2 Å². The van der Waals surface area contributed by atoms with E-state index in [2.05, 4.69) is 46.7 Å². The molecule has 0 aliphatic carbocycles. The first-order chi connectivity index (χ1) is 22.9. The van der Waals surface area contributed by atoms with Crippen LogP contribution in [-0.4, -0.2) is 51.1 Å². The van der Waals surface area contributed by atoms with Crippen molar-refractivity contribution in [1.29, 1.82) is 0 Å². The van der Waals surface area contributed by atoms with Crippen LogP contribution in [-0.2, 0) is 26.8 Å². The van der Waals surface area contributed by atoms with E-state index in [9.17, 15) is 25.9 Å². The molecule has 0 saturated heterocycles. The molecule has 6 rings (SSSR count). The molecule has 0 amide bonds. The standard InChI is InChI=1S/C34H34N2O7S5/c1-3-23(20-32-36(15-8-18-48(40,41)42)33-30(46-32)22-28(43-2)26-13-16-44-34(26)33)19-31-35(14-7-17-47(37,38)39)27-21-25(11-12-29(27)45-31)24-9-5-4-6-10-24/h4-6,9-13,16,19-22H,3,7-8,14-15,17-18H2,1-2H3,(H-,37,38,39,40,41,42)/p-1. The van der Waals surface area contributed by atoms with E-state index in [1.54, 1.807) is 41.5 Å². The summed E-state index contributed by atoms with van der Waals surface area (Å²) in [4.78, 5) is 3.11. The van der Waals surface area contributed by atoms with Gasteiger partial charge in [0, 0.05) is 46.9 Å². The molecule has 0 spiro atoms. The fourth-order valence-electron chi connectivity index (χ4n) is 5.78. The van der Waals surface area contributed by atoms with Crippen molar-refractivity contribution in [2.45, 2.75) is 37.6 Å². The summed E-state index contributed by atoms with van der Waals surface area (Å²) in [6, 6.07) is 20.3. The molecule has 5 aromatic rings. The number of aromatic nitrogens is 1. The summed E-state index contributed by atoms with van der Waals surface area (Å²) in [5.74, 6) is -0.149. The maximum atomic E-state index is 11.5. The molecule has 0 atom stereocenters. The summed E-state index contributed by atoms with van der Waals surface area (Å²) in [5, 5.41) is 4.79. The lowest BCUT2D eigenvalue weighted by Gasteiger charge is -2.22. The fraction of sp³-hybridized carbons (Fsp3) is 0.265. The van der Waals surface area contributed by atoms with Crippen molar-refractivity contribution in [3.8, 4) is 16.9 Å². The summed E-state index contributed by atoms with van der Waals surface area (Å²) in [6.45, 7) is 2.75. The lowest BCUT2D eigenvalue weighted by molar-refractivity contribution is -0.667. The molecule has 3 aromatic carbocycles. The van der Waals surface area contributed by atoms with Crippen LogP contribution in [0.15, 0.2) is 87.6 Å². The molecule has 0 N–H and O–H groups in total. The zero-order valence-corrected chi connectivity index (χ0v) is 30.3. The van der Waals surface area contributed by atoms with Crippen LogP contribution in [0.5, 0.6) is 5.75 Å². The molecule has 0 fully saturated rings. The number of thiazole rings is 1. The average molecular weight is 742 g/mol. The van der Waals surface area contributed by atoms with Gasteiger partial charge in [0.1, 0.15) is 15.1 Å². The summed E-state index contributed by atoms with van der Waals surface area (Å²) in [6.07, 6.45) is 5.22. The zero-order valence-electron chi connectivity index (χ0n) is 26.2. The van der Waals surface area contributed by atoms with Gasteiger partial charge in [-0.3, -0.25) is 0 Å². The minimum absolute atomic E-state index is 0.177. The van der Waals surface area contributed by atoms with Gasteiger partial charge >= 0.3 is 0 Å². The summed E-state index contributed by atoms with van der Waals surface area (Å²) < 4.78 is 78.7. The number of hydrogen-bond donors (Lipinski definition) is 0. The molecule has 2 aromatic heterocycles. The van der Waals surface area contributed by atoms with Crippen molar-refractivity contribution >= 4 is 86.7 Å². The van der Waals surface area contributed by atoms with Crippen LogP contribution in [0.4, 0.5) is 5.69 Å². The van der Waals surface area contributed by atoms with Crippen LogP contribution >= 0.6 is 34.4 Å². The number of fused-ring (bicyclic) bond motifs is 4. The van der Waals surface area contributed by atoms with E-state index >= 15 is 0 Å². The summed E-state index contributed by atoms with van der Waals surface area (Å²) in [5.41, 5.74) is 5.02. The Bertz CT molecular complexity index is 2260. The van der Waals surface area contributed by atoms with E-state index in [4.69, 9.17) is 4.74 Å². The maximum Gasteiger partial charge on any atom is 0.263 e. The third-order valence-corrected chi connectivity index (χ3v) is 12.7. The van der Waals surface area contributed by atoms with Crippen LogP contribution in [0.3, 0.4) is 0 Å². The van der Waals surface area contributed by atoms with E-state index in [1.807, 2.05) is 47.8 Å². The van der Waals surface area contributed by atoms with Gasteiger partial charge in [0.25, 0.3) is 5.01 Å². The highest BCUT2D eigenvalue weighted by atomic mass is 32.2. The number of hydrogen-bond acceptors (Lipinski definition) is 11. The number of aryl methyl sites for hydroxylation is 1. The van der Waals surface area contributed by atoms with Crippen molar-refractivity contribution in [1.82, 2.24) is 0 Å². The Morgan fingerprint density at radius 1 is 0.958 bits per heavy atom. The number of benzene rings is 3. The Balaban J connectivity index is 1.42. The highest BCUT2D eigenvalue weighted by Crippen LogP contribution is 2.48. The molecule has 9 nitrogen and oxygen atoms in total. The van der Waals surface area contributed by atoms with E-state index in [0.717, 1.165) is 63.4 Å². The SMILES string of the molecule is CCC(=Cc1sc2cc(OC)c3ccsc3c2[n+]1CCCS(=O)(=O)[O-])C=C1Sc2ccc(-c3ccccc3)cc2N1CCCS(=O)(=O)[O-]. The normalized spacial score (nSPS) is 14.8. The summed E-state index contributed by atoms with van der Waals surface area (Å²) in [7, 11) is -7.09. The minimum atomic E-state index is -4.37. The van der Waals surface area contributed by atoms with Gasteiger partial charge in [0.05, 0.1) is 38.1 Å². The zero-order chi connectivity index (χ0) is 34.1. The minimum Gasteiger partial charge on any atom is -0.748 e. The van der Waals surface area contributed by atoms with Crippen LogP contribution in [0.25, 0.3) is 37.5 Å². The number of nitrogens with zero attached hydrogens (tertiary/aromatic N) is 2. The Labute approximate surface area is 292 Å². The van der Waals surface area contributed by atoms with Gasteiger partial charge in [0.15, 0.2) is 6.54 Å². The number of thiophene rings is 1. The lowest BCUT2D eigenvalue weighted by Crippen LogP contribution is -2.36. The van der Waals surface area contributed by atoms with E-state index in [0.29, 0.717) is 19.5 Å². The maximum absolute atomic E-state index is 11.5. The molecule has 1 aliphatic heterocycles. The molecule has 1 aliphatic rings. The number of rotatable bonds is 13. The highest BCUT2D eigenvalue weighted by molar-refractivity contribution is 8.03. The van der Waals surface area contributed by atoms with Crippen molar-refractivity contribution in [2.75, 3.05) is 30.1 Å². The molecule has 3 heterocycles. The third kappa shape index (κ3) is 7.80. The van der Waals surface area contributed by atoms with Gasteiger partial charge in [-0.25, -0.2) is 16.8 Å². The molecule has 0 saturated carbocycles. The molecule has 0 radical (unpaired) electrons. The Morgan fingerprint density at radius 3 is 2.42 bits per heavy atom. The van der Waals surface area contributed by atoms with E-state index in [1.165, 1.54) is 0 Å². The monoisotopic (exact) mass is 741 g/mol. The Morgan fingerprint density at radius 2 is 1.71 bits per heavy atom. The Kier molecular flexibility index (Phi) is 10.3. The highest BCUT2D eigenvalue weighted by Gasteiger charge is 2.28. The molecule has 0 bridgehead atoms. The first-order valence-electron chi connectivity index (χ1n) is 15.3. The number of thioether (sulfide) groups is 1. The second-order valence-electron chi connectivity index (χ2n) is 11.3. The number of ether oxygens (including phenoxy) is 1. The van der Waals surface area contributed by atoms with Gasteiger partial charge in [-0.1, -0.05) is 66.4 Å². The van der Waals surface area contributed by atoms with E-state index < -0.39 is 31.7 Å². The smallest absolute Gasteiger partial charge is 0.263 e. The Hall–Kier alpha value is -3.24. The predicted molar refractivity (Wildman–Crippen MR) is 194 cm³/mol. The lowest BCUT2D eigenvalue weighted by atomic mass is 10.0. The summed E-state index contributed by atoms with van der Waals surface area (Å²) >= 11 is 4.75. The van der Waals surface area contributed by atoms with Crippen LogP contribution in [0.1, 0.15) is 31.2 Å². The second-order valence-corrected chi connectivity index (χ2v) is 17.4. The molecular weight excluding hydrogens is 709 g/mol. The van der Waals surface area contributed by atoms with Crippen molar-refractivity contribution < 1.29 is 35.2 Å². The molecule has 14 heteroatoms. The second kappa shape index (κ2) is 14.3. The van der Waals surface area contributed by atoms with Crippen molar-refractivity contribution in [3.05, 3.63) is 87.7 Å². The van der Waals surface area contributed by atoms with E-state index in [-0.39, 0.29) is 12.8 Å². The molecular formula is C34H33N2O7S5-. The fourth-order valence-corrected chi connectivity index (χ4v) is 10.1. The first kappa shape index (κ1) is 34.6. The van der Waals surface area contributed by atoms with Crippen molar-refractivity contribution in [2.24, 2.45) is 0 Å². The average Bonchev–Trinajstić information content (AvgIpc) is 3.75. The van der Waals surface area contributed by atoms with Gasteiger partial charge in [0.2, 0.25) is 5.52 Å². The van der Waals surface area contributed by atoms with Crippen LogP contribution in [0.2, 0.25) is 0 Å². The first-order valence-corrected chi connectivity index (χ1v) is 21.0. The quantitative estimate of drug-likeness (QED) is 0.0909. The third-order valence-electron chi connectivity index (χ3n) is 8.03. The van der Waals surface area contributed by atoms with Gasteiger partial charge < -0.3 is 18.7 Å². The number of allylic oxidation sites excluding steroid dienone is 2. The largest absolute Gasteiger partial charge is 0.748 e.